The lowest BCUT2D eigenvalue weighted by atomic mass is 10.1. The number of pyridine rings is 1. The van der Waals surface area contributed by atoms with E-state index in [2.05, 4.69) is 15.3 Å². The first-order valence-electron chi connectivity index (χ1n) is 3.81. The molecule has 0 spiro atoms. The maximum Gasteiger partial charge on any atom is 0.250 e. The molecule has 0 atom stereocenters. The first-order valence-corrected chi connectivity index (χ1v) is 3.81. The van der Waals surface area contributed by atoms with Crippen LogP contribution in [0, 0.1) is 0 Å². The molecule has 66 valence electrons. The van der Waals surface area contributed by atoms with Crippen molar-refractivity contribution in [3.05, 3.63) is 23.5 Å². The third kappa shape index (κ3) is 1.24. The second kappa shape index (κ2) is 2.85. The van der Waals surface area contributed by atoms with E-state index in [0.29, 0.717) is 17.8 Å². The molecule has 0 saturated heterocycles. The number of hydrogen-bond acceptors (Lipinski definition) is 4. The molecular formula is C8H8N4O. The predicted molar refractivity (Wildman–Crippen MR) is 48.6 cm³/mol. The number of anilines is 1. The smallest absolute Gasteiger partial charge is 0.250 e. The van der Waals surface area contributed by atoms with Gasteiger partial charge in [-0.15, -0.1) is 0 Å². The average Bonchev–Trinajstić information content (AvgIpc) is 2.17. The van der Waals surface area contributed by atoms with Gasteiger partial charge in [-0.25, -0.2) is 0 Å². The minimum Gasteiger partial charge on any atom is -0.366 e. The largest absolute Gasteiger partial charge is 0.366 e. The summed E-state index contributed by atoms with van der Waals surface area (Å²) in [6.07, 6.45) is 3.10. The van der Waals surface area contributed by atoms with E-state index < -0.39 is 5.91 Å². The minimum absolute atomic E-state index is 0.455. The molecule has 0 fully saturated rings. The van der Waals surface area contributed by atoms with E-state index in [0.717, 1.165) is 5.69 Å². The maximum atomic E-state index is 11.0. The molecule has 3 N–H and O–H groups in total. The van der Waals surface area contributed by atoms with E-state index in [1.165, 1.54) is 6.34 Å². The lowest BCUT2D eigenvalue weighted by Gasteiger charge is -2.13. The summed E-state index contributed by atoms with van der Waals surface area (Å²) in [5.74, 6) is -0.457. The molecule has 13 heavy (non-hydrogen) atoms. The Morgan fingerprint density at radius 2 is 2.46 bits per heavy atom. The average molecular weight is 176 g/mol. The topological polar surface area (TPSA) is 80.4 Å². The predicted octanol–water partition coefficient (Wildman–Crippen LogP) is 0.134. The Kier molecular flexibility index (Phi) is 1.70. The van der Waals surface area contributed by atoms with Crippen LogP contribution in [0.4, 0.5) is 5.69 Å². The van der Waals surface area contributed by atoms with Gasteiger partial charge >= 0.3 is 0 Å². The summed E-state index contributed by atoms with van der Waals surface area (Å²) in [5.41, 5.74) is 7.06. The monoisotopic (exact) mass is 176 g/mol. The van der Waals surface area contributed by atoms with Crippen molar-refractivity contribution in [2.24, 2.45) is 10.7 Å². The van der Waals surface area contributed by atoms with E-state index in [-0.39, 0.29) is 0 Å². The van der Waals surface area contributed by atoms with E-state index in [9.17, 15) is 4.79 Å². The molecule has 2 rings (SSSR count). The van der Waals surface area contributed by atoms with Crippen molar-refractivity contribution >= 4 is 17.9 Å². The van der Waals surface area contributed by atoms with Crippen LogP contribution < -0.4 is 11.1 Å². The summed E-state index contributed by atoms with van der Waals surface area (Å²) in [7, 11) is 0. The van der Waals surface area contributed by atoms with Crippen LogP contribution in [0.15, 0.2) is 17.3 Å². The van der Waals surface area contributed by atoms with Gasteiger partial charge < -0.3 is 11.1 Å². The van der Waals surface area contributed by atoms with E-state index in [4.69, 9.17) is 5.73 Å². The van der Waals surface area contributed by atoms with Crippen molar-refractivity contribution in [2.45, 2.75) is 6.54 Å². The number of aromatic nitrogens is 1. The lowest BCUT2D eigenvalue weighted by Crippen LogP contribution is -2.17. The third-order valence-corrected chi connectivity index (χ3v) is 1.84. The standard InChI is InChI=1S/C8H8N4O/c9-8(13)5-1-2-11-6-3-10-4-12-7(5)6/h1-2,4H,3H2,(H2,9,13)(H,10,12). The van der Waals surface area contributed by atoms with Gasteiger partial charge in [-0.05, 0) is 6.07 Å². The van der Waals surface area contributed by atoms with E-state index in [1.807, 2.05) is 0 Å². The number of carbonyl (C=O) groups excluding carboxylic acids is 1. The van der Waals surface area contributed by atoms with Gasteiger partial charge in [0.15, 0.2) is 0 Å². The number of hydrogen-bond donors (Lipinski definition) is 2. The molecule has 1 amide bonds. The first kappa shape index (κ1) is 7.72. The number of aliphatic imine (C=N–C) groups is 1. The molecule has 1 aromatic heterocycles. The highest BCUT2D eigenvalue weighted by Gasteiger charge is 2.14. The molecular weight excluding hydrogens is 168 g/mol. The number of fused-ring (bicyclic) bond motifs is 1. The Bertz CT molecular complexity index is 386. The summed E-state index contributed by atoms with van der Waals surface area (Å²) < 4.78 is 0. The Morgan fingerprint density at radius 1 is 1.62 bits per heavy atom. The molecule has 0 bridgehead atoms. The number of nitrogens with one attached hydrogen (secondary N) is 1. The molecule has 0 aliphatic carbocycles. The zero-order chi connectivity index (χ0) is 9.26. The van der Waals surface area contributed by atoms with Crippen LogP contribution in [-0.2, 0) is 6.54 Å². The van der Waals surface area contributed by atoms with Crippen LogP contribution in [0.3, 0.4) is 0 Å². The number of rotatable bonds is 1. The fourth-order valence-corrected chi connectivity index (χ4v) is 1.23. The summed E-state index contributed by atoms with van der Waals surface area (Å²) in [6.45, 7) is 0.490. The molecule has 5 nitrogen and oxygen atoms in total. The molecule has 2 heterocycles. The fraction of sp³-hybridized carbons (Fsp3) is 0.125. The van der Waals surface area contributed by atoms with Crippen molar-refractivity contribution < 1.29 is 4.79 Å². The van der Waals surface area contributed by atoms with Crippen LogP contribution in [0.25, 0.3) is 0 Å². The number of nitrogens with zero attached hydrogens (tertiary/aromatic N) is 2. The Morgan fingerprint density at radius 3 is 3.23 bits per heavy atom. The Balaban J connectivity index is 2.55. The van der Waals surface area contributed by atoms with Crippen LogP contribution >= 0.6 is 0 Å². The highest BCUT2D eigenvalue weighted by atomic mass is 16.1. The highest BCUT2D eigenvalue weighted by Crippen LogP contribution is 2.20. The van der Waals surface area contributed by atoms with Gasteiger partial charge in [0.05, 0.1) is 29.8 Å². The molecule has 0 aromatic carbocycles. The third-order valence-electron chi connectivity index (χ3n) is 1.84. The lowest BCUT2D eigenvalue weighted by molar-refractivity contribution is 0.100. The normalized spacial score (nSPS) is 13.2. The number of nitrogens with two attached hydrogens (primary N) is 1. The van der Waals surface area contributed by atoms with Crippen LogP contribution in [0.1, 0.15) is 16.1 Å². The zero-order valence-corrected chi connectivity index (χ0v) is 6.82. The fourth-order valence-electron chi connectivity index (χ4n) is 1.23. The van der Waals surface area contributed by atoms with Gasteiger partial charge in [0.25, 0.3) is 5.91 Å². The van der Waals surface area contributed by atoms with Gasteiger partial charge in [-0.1, -0.05) is 0 Å². The first-order chi connectivity index (χ1) is 6.29. The molecule has 1 aromatic rings. The number of primary amides is 1. The van der Waals surface area contributed by atoms with E-state index in [1.54, 1.807) is 12.3 Å². The molecule has 1 aliphatic heterocycles. The van der Waals surface area contributed by atoms with Crippen LogP contribution in [0.5, 0.6) is 0 Å². The van der Waals surface area contributed by atoms with Crippen molar-refractivity contribution in [3.8, 4) is 0 Å². The Hall–Kier alpha value is -1.91. The van der Waals surface area contributed by atoms with Crippen molar-refractivity contribution in [1.82, 2.24) is 4.98 Å². The van der Waals surface area contributed by atoms with Crippen molar-refractivity contribution in [3.63, 3.8) is 0 Å². The molecule has 0 saturated carbocycles. The number of amides is 1. The second-order valence-electron chi connectivity index (χ2n) is 2.66. The SMILES string of the molecule is NC(=O)c1ccnc2c1NC=NC2. The quantitative estimate of drug-likeness (QED) is 0.638. The van der Waals surface area contributed by atoms with Gasteiger partial charge in [-0.3, -0.25) is 14.8 Å². The summed E-state index contributed by atoms with van der Waals surface area (Å²) in [6, 6.07) is 1.59. The van der Waals surface area contributed by atoms with Crippen LogP contribution in [-0.4, -0.2) is 17.2 Å². The molecule has 0 unspecified atom stereocenters. The summed E-state index contributed by atoms with van der Waals surface area (Å²) in [4.78, 5) is 19.0. The van der Waals surface area contributed by atoms with Crippen LogP contribution in [0.2, 0.25) is 0 Å². The summed E-state index contributed by atoms with van der Waals surface area (Å²) in [5, 5.41) is 2.86. The van der Waals surface area contributed by atoms with Gasteiger partial charge in [0.2, 0.25) is 0 Å². The maximum absolute atomic E-state index is 11.0. The van der Waals surface area contributed by atoms with Gasteiger partial charge in [0.1, 0.15) is 0 Å². The summed E-state index contributed by atoms with van der Waals surface area (Å²) >= 11 is 0. The zero-order valence-electron chi connectivity index (χ0n) is 6.82. The van der Waals surface area contributed by atoms with Gasteiger partial charge in [0, 0.05) is 6.20 Å². The molecule has 1 aliphatic rings. The van der Waals surface area contributed by atoms with Crippen molar-refractivity contribution in [1.29, 1.82) is 0 Å². The molecule has 0 radical (unpaired) electrons. The second-order valence-corrected chi connectivity index (χ2v) is 2.66. The minimum atomic E-state index is -0.457. The van der Waals surface area contributed by atoms with E-state index >= 15 is 0 Å². The van der Waals surface area contributed by atoms with Crippen molar-refractivity contribution in [2.75, 3.05) is 5.32 Å². The molecule has 5 heteroatoms. The number of carbonyl (C=O) groups is 1. The van der Waals surface area contributed by atoms with Gasteiger partial charge in [-0.2, -0.15) is 0 Å². The highest BCUT2D eigenvalue weighted by molar-refractivity contribution is 6.01. The Labute approximate surface area is 74.7 Å².